The smallest absolute Gasteiger partial charge is 0.0115 e. The van der Waals surface area contributed by atoms with E-state index in [1.165, 1.54) is 39.0 Å². The second kappa shape index (κ2) is 5.72. The molecule has 2 atom stereocenters. The normalized spacial score (nSPS) is 28.7. The lowest BCUT2D eigenvalue weighted by Crippen LogP contribution is -2.41. The third-order valence-electron chi connectivity index (χ3n) is 3.71. The quantitative estimate of drug-likeness (QED) is 0.686. The van der Waals surface area contributed by atoms with Crippen LogP contribution in [0.25, 0.3) is 0 Å². The first-order chi connectivity index (χ1) is 6.69. The van der Waals surface area contributed by atoms with E-state index in [-0.39, 0.29) is 0 Å². The van der Waals surface area contributed by atoms with Gasteiger partial charge in [-0.2, -0.15) is 0 Å². The molecule has 1 aliphatic rings. The second-order valence-corrected chi connectivity index (χ2v) is 4.57. The highest BCUT2D eigenvalue weighted by molar-refractivity contribution is 4.78. The largest absolute Gasteiger partial charge is 0.302 e. The van der Waals surface area contributed by atoms with Crippen molar-refractivity contribution < 1.29 is 0 Å². The van der Waals surface area contributed by atoms with Crippen LogP contribution in [0.15, 0.2) is 0 Å². The van der Waals surface area contributed by atoms with Gasteiger partial charge in [0.25, 0.3) is 0 Å². The van der Waals surface area contributed by atoms with Crippen molar-refractivity contribution in [1.82, 2.24) is 9.80 Å². The van der Waals surface area contributed by atoms with Gasteiger partial charge >= 0.3 is 0 Å². The number of likely N-dealkylation sites (N-methyl/N-ethyl adjacent to an activating group) is 1. The predicted octanol–water partition coefficient (Wildman–Crippen LogP) is 2.20. The van der Waals surface area contributed by atoms with Crippen molar-refractivity contribution in [2.75, 3.05) is 26.2 Å². The third-order valence-corrected chi connectivity index (χ3v) is 3.71. The van der Waals surface area contributed by atoms with Gasteiger partial charge in [0.05, 0.1) is 0 Å². The minimum Gasteiger partial charge on any atom is -0.302 e. The van der Waals surface area contributed by atoms with Crippen molar-refractivity contribution in [2.45, 2.75) is 52.6 Å². The first-order valence-corrected chi connectivity index (χ1v) is 6.17. The summed E-state index contributed by atoms with van der Waals surface area (Å²) in [6, 6.07) is 1.52. The van der Waals surface area contributed by atoms with E-state index in [0.717, 1.165) is 12.1 Å². The molecule has 0 radical (unpaired) electrons. The van der Waals surface area contributed by atoms with Crippen molar-refractivity contribution in [1.29, 1.82) is 0 Å². The standard InChI is InChI=1S/C12H26N2/c1-5-11(3)14-10-9-13(6-2)8-7-12(14)4/h11-12H,5-10H2,1-4H3/t11?,12-/m1/s1. The summed E-state index contributed by atoms with van der Waals surface area (Å²) in [5.74, 6) is 0. The summed E-state index contributed by atoms with van der Waals surface area (Å²) in [5, 5.41) is 0. The first-order valence-electron chi connectivity index (χ1n) is 6.17. The molecule has 0 saturated carbocycles. The van der Waals surface area contributed by atoms with Crippen LogP contribution >= 0.6 is 0 Å². The number of rotatable bonds is 3. The second-order valence-electron chi connectivity index (χ2n) is 4.57. The van der Waals surface area contributed by atoms with Crippen molar-refractivity contribution >= 4 is 0 Å². The molecular formula is C12H26N2. The Balaban J connectivity index is 2.51. The van der Waals surface area contributed by atoms with Crippen LogP contribution in [0.2, 0.25) is 0 Å². The molecular weight excluding hydrogens is 172 g/mol. The van der Waals surface area contributed by atoms with Gasteiger partial charge in [-0.25, -0.2) is 0 Å². The summed E-state index contributed by atoms with van der Waals surface area (Å²) >= 11 is 0. The first kappa shape index (κ1) is 12.0. The van der Waals surface area contributed by atoms with E-state index < -0.39 is 0 Å². The molecule has 1 heterocycles. The van der Waals surface area contributed by atoms with Gasteiger partial charge in [0.1, 0.15) is 0 Å². The van der Waals surface area contributed by atoms with Gasteiger partial charge in [0, 0.05) is 25.2 Å². The zero-order valence-corrected chi connectivity index (χ0v) is 10.3. The van der Waals surface area contributed by atoms with Gasteiger partial charge in [-0.15, -0.1) is 0 Å². The van der Waals surface area contributed by atoms with Crippen LogP contribution in [0.3, 0.4) is 0 Å². The third kappa shape index (κ3) is 2.96. The number of nitrogens with zero attached hydrogens (tertiary/aromatic N) is 2. The highest BCUT2D eigenvalue weighted by Gasteiger charge is 2.22. The topological polar surface area (TPSA) is 6.48 Å². The van der Waals surface area contributed by atoms with Crippen LogP contribution in [-0.4, -0.2) is 48.1 Å². The van der Waals surface area contributed by atoms with Crippen LogP contribution in [0.4, 0.5) is 0 Å². The highest BCUT2D eigenvalue weighted by atomic mass is 15.2. The molecule has 14 heavy (non-hydrogen) atoms. The fourth-order valence-corrected chi connectivity index (χ4v) is 2.33. The lowest BCUT2D eigenvalue weighted by Gasteiger charge is -2.32. The zero-order chi connectivity index (χ0) is 10.6. The van der Waals surface area contributed by atoms with E-state index >= 15 is 0 Å². The fraction of sp³-hybridized carbons (Fsp3) is 1.00. The molecule has 2 heteroatoms. The average Bonchev–Trinajstić information content (AvgIpc) is 2.39. The summed E-state index contributed by atoms with van der Waals surface area (Å²) < 4.78 is 0. The molecule has 0 amide bonds. The highest BCUT2D eigenvalue weighted by Crippen LogP contribution is 2.15. The molecule has 0 aliphatic carbocycles. The van der Waals surface area contributed by atoms with Crippen LogP contribution in [-0.2, 0) is 0 Å². The Morgan fingerprint density at radius 2 is 1.93 bits per heavy atom. The van der Waals surface area contributed by atoms with Gasteiger partial charge in [0.15, 0.2) is 0 Å². The van der Waals surface area contributed by atoms with Gasteiger partial charge in [-0.1, -0.05) is 13.8 Å². The molecule has 0 aromatic heterocycles. The van der Waals surface area contributed by atoms with E-state index in [1.807, 2.05) is 0 Å². The molecule has 84 valence electrons. The Morgan fingerprint density at radius 3 is 2.50 bits per heavy atom. The monoisotopic (exact) mass is 198 g/mol. The van der Waals surface area contributed by atoms with E-state index in [9.17, 15) is 0 Å². The molecule has 0 bridgehead atoms. The molecule has 1 aliphatic heterocycles. The molecule has 1 rings (SSSR count). The Labute approximate surface area is 89.3 Å². The van der Waals surface area contributed by atoms with Gasteiger partial charge in [0.2, 0.25) is 0 Å². The summed E-state index contributed by atoms with van der Waals surface area (Å²) in [5.41, 5.74) is 0. The minimum absolute atomic E-state index is 0.752. The van der Waals surface area contributed by atoms with E-state index in [4.69, 9.17) is 0 Å². The fourth-order valence-electron chi connectivity index (χ4n) is 2.33. The summed E-state index contributed by atoms with van der Waals surface area (Å²) in [7, 11) is 0. The van der Waals surface area contributed by atoms with E-state index in [2.05, 4.69) is 37.5 Å². The van der Waals surface area contributed by atoms with Crippen molar-refractivity contribution in [2.24, 2.45) is 0 Å². The zero-order valence-electron chi connectivity index (χ0n) is 10.3. The molecule has 1 unspecified atom stereocenters. The van der Waals surface area contributed by atoms with Gasteiger partial charge < -0.3 is 4.90 Å². The van der Waals surface area contributed by atoms with Crippen LogP contribution in [0, 0.1) is 0 Å². The molecule has 1 fully saturated rings. The van der Waals surface area contributed by atoms with Crippen molar-refractivity contribution in [3.05, 3.63) is 0 Å². The van der Waals surface area contributed by atoms with Crippen LogP contribution in [0.1, 0.15) is 40.5 Å². The average molecular weight is 198 g/mol. The van der Waals surface area contributed by atoms with Crippen LogP contribution < -0.4 is 0 Å². The molecule has 0 spiro atoms. The SMILES string of the molecule is CCC(C)N1CCN(CC)CC[C@H]1C. The lowest BCUT2D eigenvalue weighted by molar-refractivity contribution is 0.156. The molecule has 0 aromatic rings. The van der Waals surface area contributed by atoms with Gasteiger partial charge in [-0.3, -0.25) is 4.90 Å². The Hall–Kier alpha value is -0.0800. The van der Waals surface area contributed by atoms with Gasteiger partial charge in [-0.05, 0) is 39.8 Å². The minimum atomic E-state index is 0.752. The van der Waals surface area contributed by atoms with E-state index in [0.29, 0.717) is 0 Å². The Bertz CT molecular complexity index is 158. The Morgan fingerprint density at radius 1 is 1.21 bits per heavy atom. The maximum atomic E-state index is 2.68. The Kier molecular flexibility index (Phi) is 4.90. The molecule has 2 nitrogen and oxygen atoms in total. The summed E-state index contributed by atoms with van der Waals surface area (Å²) in [6.07, 6.45) is 2.61. The summed E-state index contributed by atoms with van der Waals surface area (Å²) in [6.45, 7) is 14.3. The number of hydrogen-bond acceptors (Lipinski definition) is 2. The van der Waals surface area contributed by atoms with Crippen LogP contribution in [0.5, 0.6) is 0 Å². The predicted molar refractivity (Wildman–Crippen MR) is 62.7 cm³/mol. The number of hydrogen-bond donors (Lipinski definition) is 0. The lowest BCUT2D eigenvalue weighted by atomic mass is 10.1. The van der Waals surface area contributed by atoms with Crippen molar-refractivity contribution in [3.63, 3.8) is 0 Å². The molecule has 0 aromatic carbocycles. The molecule has 1 saturated heterocycles. The molecule has 0 N–H and O–H groups in total. The van der Waals surface area contributed by atoms with Crippen molar-refractivity contribution in [3.8, 4) is 0 Å². The maximum absolute atomic E-state index is 2.68. The summed E-state index contributed by atoms with van der Waals surface area (Å²) in [4.78, 5) is 5.24. The van der Waals surface area contributed by atoms with E-state index in [1.54, 1.807) is 0 Å². The maximum Gasteiger partial charge on any atom is 0.0115 e.